The number of carbonyl (C=O) groups is 18. The molecule has 2 aromatic carbocycles. The smallest absolute Gasteiger partial charge is 0.326 e. The maximum atomic E-state index is 14.7. The molecule has 1 aliphatic rings. The van der Waals surface area contributed by atoms with Gasteiger partial charge in [0.1, 0.15) is 102 Å². The number of nitrogens with two attached hydrogens (primary N) is 8. The summed E-state index contributed by atoms with van der Waals surface area (Å²) in [5.74, 6) is -21.0. The first-order valence-electron chi connectivity index (χ1n) is 43.1. The van der Waals surface area contributed by atoms with E-state index >= 15 is 0 Å². The highest BCUT2D eigenvalue weighted by molar-refractivity contribution is 7.81. The van der Waals surface area contributed by atoms with Gasteiger partial charge in [-0.1, -0.05) is 58.4 Å². The Labute approximate surface area is 779 Å². The third-order valence-corrected chi connectivity index (χ3v) is 21.8. The summed E-state index contributed by atoms with van der Waals surface area (Å²) in [7, 11) is 0. The Morgan fingerprint density at radius 1 is 0.489 bits per heavy atom. The number of phenolic OH excluding ortho intramolecular Hbond substituents is 2. The van der Waals surface area contributed by atoms with E-state index in [1.807, 2.05) is 0 Å². The molecule has 1 aliphatic heterocycles. The number of rotatable bonds is 59. The van der Waals surface area contributed by atoms with Crippen LogP contribution in [0.2, 0.25) is 0 Å². The summed E-state index contributed by atoms with van der Waals surface area (Å²) >= 11 is 8.77. The van der Waals surface area contributed by atoms with Gasteiger partial charge < -0.3 is 166 Å². The van der Waals surface area contributed by atoms with E-state index in [4.69, 9.17) is 51.3 Å². The summed E-state index contributed by atoms with van der Waals surface area (Å²) in [5.41, 5.74) is 46.7. The number of nitrogens with zero attached hydrogens (tertiary/aromatic N) is 1. The lowest BCUT2D eigenvalue weighted by Crippen LogP contribution is -2.64. The maximum Gasteiger partial charge on any atom is 0.326 e. The third kappa shape index (κ3) is 39.3. The summed E-state index contributed by atoms with van der Waals surface area (Å²) in [5, 5.41) is 108. The summed E-state index contributed by atoms with van der Waals surface area (Å²) in [6.07, 6.45) is -6.89. The normalized spacial score (nSPS) is 16.8. The molecule has 1 fully saturated rings. The van der Waals surface area contributed by atoms with E-state index in [0.29, 0.717) is 5.56 Å². The molecule has 0 unspecified atom stereocenters. The number of aliphatic hydroxyl groups is 3. The van der Waals surface area contributed by atoms with Crippen molar-refractivity contribution in [2.24, 2.45) is 57.7 Å². The van der Waals surface area contributed by atoms with Crippen molar-refractivity contribution in [2.45, 2.75) is 246 Å². The molecule has 3 rings (SSSR count). The van der Waals surface area contributed by atoms with Gasteiger partial charge in [0.15, 0.2) is 5.96 Å². The molecule has 52 heteroatoms. The second kappa shape index (κ2) is 57.4. The zero-order chi connectivity index (χ0) is 100. The van der Waals surface area contributed by atoms with Crippen molar-refractivity contribution in [1.82, 2.24) is 90.0 Å². The van der Waals surface area contributed by atoms with Crippen molar-refractivity contribution in [3.05, 3.63) is 59.7 Å². The van der Waals surface area contributed by atoms with Crippen LogP contribution in [0.1, 0.15) is 130 Å². The molecular weight excluding hydrogens is 1790 g/mol. The molecule has 1 heterocycles. The Kier molecular flexibility index (Phi) is 49.7. The van der Waals surface area contributed by atoms with Gasteiger partial charge in [0.05, 0.1) is 31.3 Å². The molecule has 39 N–H and O–H groups in total. The number of aliphatic hydroxyl groups excluding tert-OH is 3. The van der Waals surface area contributed by atoms with Crippen LogP contribution in [0, 0.1) is 17.2 Å². The second-order valence-corrected chi connectivity index (χ2v) is 34.4. The van der Waals surface area contributed by atoms with Crippen LogP contribution >= 0.6 is 25.3 Å². The average Bonchev–Trinajstić information content (AvgIpc) is 1.71. The number of urea groups is 1. The van der Waals surface area contributed by atoms with Crippen molar-refractivity contribution >= 4 is 138 Å². The van der Waals surface area contributed by atoms with Crippen molar-refractivity contribution < 1.29 is 117 Å². The fraction of sp³-hybridized carbons (Fsp3) is 0.617. The van der Waals surface area contributed by atoms with Crippen molar-refractivity contribution in [1.29, 1.82) is 5.41 Å². The van der Waals surface area contributed by atoms with Crippen molar-refractivity contribution in [2.75, 3.05) is 58.2 Å². The Hall–Kier alpha value is -12.0. The van der Waals surface area contributed by atoms with Crippen LogP contribution in [0.4, 0.5) is 4.79 Å². The van der Waals surface area contributed by atoms with Crippen molar-refractivity contribution in [3.8, 4) is 11.5 Å². The van der Waals surface area contributed by atoms with Crippen LogP contribution in [-0.4, -0.2) is 320 Å². The third-order valence-electron chi connectivity index (χ3n) is 21.2. The predicted molar refractivity (Wildman–Crippen MR) is 487 cm³/mol. The van der Waals surface area contributed by atoms with E-state index in [2.05, 4.69) is 110 Å². The van der Waals surface area contributed by atoms with Crippen LogP contribution in [0.3, 0.4) is 0 Å². The van der Waals surface area contributed by atoms with Gasteiger partial charge in [-0.2, -0.15) is 25.3 Å². The van der Waals surface area contributed by atoms with Crippen LogP contribution in [0.15, 0.2) is 48.5 Å². The highest BCUT2D eigenvalue weighted by Crippen LogP contribution is 2.24. The second-order valence-electron chi connectivity index (χ2n) is 32.9. The number of carboxylic acid groups (broad SMARTS) is 1. The molecule has 18 amide bonds. The number of benzene rings is 2. The zero-order valence-electron chi connectivity index (χ0n) is 75.2. The van der Waals surface area contributed by atoms with Gasteiger partial charge in [-0.15, -0.1) is 0 Å². The lowest BCUT2D eigenvalue weighted by atomic mass is 9.95. The predicted octanol–water partition coefficient (Wildman–Crippen LogP) is -11.3. The number of carboxylic acids is 1. The van der Waals surface area contributed by atoms with Gasteiger partial charge in [0.2, 0.25) is 94.5 Å². The number of thiol groups is 2. The highest BCUT2D eigenvalue weighted by atomic mass is 32.1. The number of hydrogen-bond donors (Lipinski definition) is 33. The number of hydrogen-bond acceptors (Lipinski definition) is 31. The van der Waals surface area contributed by atoms with E-state index in [0.717, 1.165) is 11.8 Å². The molecule has 744 valence electrons. The number of aromatic hydroxyl groups is 2. The number of phenols is 2. The van der Waals surface area contributed by atoms with E-state index in [1.165, 1.54) is 62.4 Å². The van der Waals surface area contributed by atoms with E-state index < -0.39 is 271 Å². The largest absolute Gasteiger partial charge is 0.508 e. The van der Waals surface area contributed by atoms with Crippen LogP contribution in [0.25, 0.3) is 0 Å². The molecule has 133 heavy (non-hydrogen) atoms. The molecule has 0 spiro atoms. The number of amides is 18. The first kappa shape index (κ1) is 115. The van der Waals surface area contributed by atoms with Gasteiger partial charge in [-0.25, -0.2) is 9.59 Å². The molecule has 1 saturated heterocycles. The Bertz CT molecular complexity index is 4290. The summed E-state index contributed by atoms with van der Waals surface area (Å²) < 4.78 is -1.49. The zero-order valence-corrected chi connectivity index (χ0v) is 77.0. The fourth-order valence-corrected chi connectivity index (χ4v) is 13.9. The van der Waals surface area contributed by atoms with Crippen molar-refractivity contribution in [3.63, 3.8) is 0 Å². The molecule has 0 radical (unpaired) electrons. The summed E-state index contributed by atoms with van der Waals surface area (Å²) in [4.78, 5) is 251. The molecule has 19 atom stereocenters. The molecule has 0 bridgehead atoms. The first-order valence-corrected chi connectivity index (χ1v) is 44.2. The highest BCUT2D eigenvalue weighted by Gasteiger charge is 2.46. The van der Waals surface area contributed by atoms with Crippen LogP contribution in [0.5, 0.6) is 11.5 Å². The van der Waals surface area contributed by atoms with E-state index in [9.17, 15) is 117 Å². The Morgan fingerprint density at radius 3 is 1.24 bits per heavy atom. The standard InChI is InChI=1S/C81H134N26O24S2/c1-8-39(4)60(104-73(124)57-33-45(112)35-107(57)77(128)59(87)38(2)3)74(125)106-62(81(6,7)133)76(127)100-52(31-41-13-17-43(110)18-14-41)69(120)102-55(36-108)71(122)99-53(34-58(86)113)70(121)94-47(11-9-29-91-79(88)89)64(115)97-51(24-28-85)68(119)105-61(40(5)109)75(126)98-50(23-27-84)66(117)93-46(12-10-30-92-80(90)131)63(114)95-48(21-25-82)65(116)96-49(22-26-83)67(118)103-56(37-132)72(123)101-54(78(129)130)32-42-15-19-44(111)20-16-42/h13-20,38-40,45-57,59-62,108-112,132-133H,8-12,21-37,82-85,87H2,1-7H3,(H2,86,113)(H,93,117)(H,94,121)(H,95,114)(H,96,116)(H,97,115)(H,98,126)(H,99,122)(H,100,127)(H,101,123)(H,102,120)(H,103,118)(H,104,124)(H,105,119)(H,106,125)(H,129,130)(H4,88,89,91)(H3,90,92,131)/t39-,40+,45+,46-,47-,48-,49-,50+,51-,52-,53-,54-,55-,56-,57-,59-,60-,61-,62+/m0/s1. The first-order chi connectivity index (χ1) is 62.5. The van der Waals surface area contributed by atoms with Crippen LogP contribution < -0.4 is 131 Å². The van der Waals surface area contributed by atoms with Gasteiger partial charge >= 0.3 is 12.0 Å². The fourth-order valence-electron chi connectivity index (χ4n) is 13.4. The SMILES string of the molecule is CC[C@H](C)[C@H](NC(=O)[C@@H]1C[C@@H](O)CN1C(=O)[C@@H](N)C(C)C)C(=O)N[C@H](C(=O)N[C@@H](Cc1ccc(O)cc1)C(=O)N[C@@H](CO)C(=O)N[C@@H](CC(N)=O)C(=O)N[C@@H](CCCNC(=N)N)C(=O)N[C@@H](CCN)C(=O)N[C@H](C(=O)N[C@H](CCN)C(=O)N[C@@H](CCCNC(N)=O)C(=O)N[C@@H](CCN)C(=O)N[C@@H](CCN)C(=O)N[C@@H](CS)C(=O)N[C@@H](Cc1ccc(O)cc1)C(=O)O)[C@@H](C)O)C(C)(C)S. The number of carbonyl (C=O) groups excluding carboxylic acids is 17. The molecule has 2 aromatic rings. The van der Waals surface area contributed by atoms with E-state index in [1.54, 1.807) is 27.7 Å². The molecule has 0 aromatic heterocycles. The number of nitrogens with one attached hydrogen (secondary N) is 17. The molecular formula is C81H134N26O24S2. The minimum Gasteiger partial charge on any atom is -0.508 e. The maximum absolute atomic E-state index is 14.7. The minimum absolute atomic E-state index is 0.0919. The number of β-amino-alcohol motifs (C(OH)–C–C–N with tert-alkyl or cyclic N) is 1. The number of guanidine groups is 1. The topological polar surface area (TPSA) is 856 Å². The van der Waals surface area contributed by atoms with Gasteiger partial charge in [0, 0.05) is 49.4 Å². The average molecular weight is 1920 g/mol. The van der Waals surface area contributed by atoms with Gasteiger partial charge in [-0.05, 0) is 146 Å². The molecule has 0 aliphatic carbocycles. The monoisotopic (exact) mass is 1920 g/mol. The number of primary amides is 2. The lowest BCUT2D eigenvalue weighted by Gasteiger charge is -2.34. The number of likely N-dealkylation sites (tertiary alicyclic amines) is 1. The van der Waals surface area contributed by atoms with Crippen LogP contribution in [-0.2, 0) is 94.3 Å². The number of aliphatic carboxylic acids is 1. The molecule has 50 nitrogen and oxygen atoms in total. The summed E-state index contributed by atoms with van der Waals surface area (Å²) in [6.45, 7) is 7.64. The van der Waals surface area contributed by atoms with E-state index in [-0.39, 0.29) is 126 Å². The minimum atomic E-state index is -2.06. The molecule has 0 saturated carbocycles. The van der Waals surface area contributed by atoms with Gasteiger partial charge in [-0.3, -0.25) is 82.1 Å². The quantitative estimate of drug-likeness (QED) is 0.0127. The lowest BCUT2D eigenvalue weighted by molar-refractivity contribution is -0.142. The summed E-state index contributed by atoms with van der Waals surface area (Å²) in [6, 6.07) is -16.4. The Balaban J connectivity index is 1.92. The van der Waals surface area contributed by atoms with Gasteiger partial charge in [0.25, 0.3) is 0 Å². The Morgan fingerprint density at radius 2 is 0.850 bits per heavy atom.